The number of hydrogen-bond acceptors (Lipinski definition) is 3. The molecule has 254 valence electrons. The fraction of sp³-hybridized carbons (Fsp3) is 0.170. The summed E-state index contributed by atoms with van der Waals surface area (Å²) >= 11 is 0. The molecular weight excluding hydrogens is 640 g/mol. The minimum atomic E-state index is -0.303. The Kier molecular flexibility index (Phi) is 7.44. The molecule has 6 aromatic carbocycles. The maximum Gasteiger partial charge on any atom is 0.164 e. The Labute approximate surface area is 303 Å². The summed E-state index contributed by atoms with van der Waals surface area (Å²) in [7, 11) is 0. The molecule has 4 nitrogen and oxygen atoms in total. The largest absolute Gasteiger partial charge is 0.309 e. The Balaban J connectivity index is 1.16. The number of rotatable bonds is 5. The second-order valence-corrected chi connectivity index (χ2v) is 15.3. The molecule has 2 heterocycles. The fourth-order valence-corrected chi connectivity index (χ4v) is 7.87. The van der Waals surface area contributed by atoms with E-state index in [-0.39, 0.29) is 16.6 Å². The summed E-state index contributed by atoms with van der Waals surface area (Å²) < 4.78 is 16.3. The van der Waals surface area contributed by atoms with E-state index in [4.69, 9.17) is 15.0 Å². The van der Waals surface area contributed by atoms with Crippen LogP contribution >= 0.6 is 0 Å². The minimum Gasteiger partial charge on any atom is -0.309 e. The monoisotopic (exact) mass is 678 g/mol. The maximum absolute atomic E-state index is 13.9. The molecule has 0 amide bonds. The first kappa shape index (κ1) is 32.0. The quantitative estimate of drug-likeness (QED) is 0.182. The average Bonchev–Trinajstić information content (AvgIpc) is 3.50. The molecule has 52 heavy (non-hydrogen) atoms. The highest BCUT2D eigenvalue weighted by Gasteiger charge is 2.37. The fourth-order valence-electron chi connectivity index (χ4n) is 7.87. The van der Waals surface area contributed by atoms with Crippen LogP contribution in [0.5, 0.6) is 0 Å². The van der Waals surface area contributed by atoms with Crippen molar-refractivity contribution < 1.29 is 4.39 Å². The van der Waals surface area contributed by atoms with Crippen molar-refractivity contribution in [3.8, 4) is 51.0 Å². The zero-order valence-corrected chi connectivity index (χ0v) is 29.9. The minimum absolute atomic E-state index is 0.102. The summed E-state index contributed by atoms with van der Waals surface area (Å²) in [5, 5.41) is 2.54. The third-order valence-corrected chi connectivity index (χ3v) is 11.0. The number of halogens is 1. The lowest BCUT2D eigenvalue weighted by molar-refractivity contribution is 0.332. The predicted octanol–water partition coefficient (Wildman–Crippen LogP) is 12.1. The molecule has 1 aliphatic rings. The van der Waals surface area contributed by atoms with Crippen LogP contribution in [0.4, 0.5) is 4.39 Å². The van der Waals surface area contributed by atoms with Crippen LogP contribution in [0.1, 0.15) is 51.7 Å². The molecule has 8 aromatic rings. The molecule has 2 aromatic heterocycles. The molecule has 0 atom stereocenters. The zero-order valence-electron chi connectivity index (χ0n) is 29.9. The van der Waals surface area contributed by atoms with Crippen molar-refractivity contribution in [2.45, 2.75) is 51.4 Å². The molecule has 0 saturated heterocycles. The Morgan fingerprint density at radius 1 is 0.462 bits per heavy atom. The highest BCUT2D eigenvalue weighted by molar-refractivity contribution is 6.10. The first-order chi connectivity index (χ1) is 25.1. The summed E-state index contributed by atoms with van der Waals surface area (Å²) in [4.78, 5) is 14.8. The normalized spacial score (nSPS) is 14.8. The van der Waals surface area contributed by atoms with Crippen molar-refractivity contribution in [3.05, 3.63) is 156 Å². The lowest BCUT2D eigenvalue weighted by Gasteiger charge is -2.42. The van der Waals surface area contributed by atoms with Crippen LogP contribution in [-0.4, -0.2) is 19.5 Å². The van der Waals surface area contributed by atoms with Gasteiger partial charge in [0.05, 0.1) is 11.0 Å². The summed E-state index contributed by atoms with van der Waals surface area (Å²) in [5.41, 5.74) is 11.4. The van der Waals surface area contributed by atoms with E-state index in [0.29, 0.717) is 17.5 Å². The molecule has 0 aliphatic heterocycles. The Morgan fingerprint density at radius 3 is 1.52 bits per heavy atom. The summed E-state index contributed by atoms with van der Waals surface area (Å²) in [6, 6.07) is 47.0. The van der Waals surface area contributed by atoms with Gasteiger partial charge in [0.15, 0.2) is 17.5 Å². The Bertz CT molecular complexity index is 2600. The van der Waals surface area contributed by atoms with Crippen molar-refractivity contribution in [2.75, 3.05) is 0 Å². The van der Waals surface area contributed by atoms with Gasteiger partial charge in [-0.2, -0.15) is 0 Å². The van der Waals surface area contributed by atoms with E-state index in [9.17, 15) is 4.39 Å². The molecule has 0 N–H and O–H groups in total. The van der Waals surface area contributed by atoms with E-state index in [1.807, 2.05) is 30.3 Å². The SMILES string of the molecule is CC1(C)CCC(C)(C)c2cc3c(cc21)c1ccccc1n3-c1ccc(-c2nc(-c3ccc(F)cc3)nc(-c3ccc(-c4ccccc4)cc3)n2)cc1. The van der Waals surface area contributed by atoms with Gasteiger partial charge in [-0.15, -0.1) is 0 Å². The number of fused-ring (bicyclic) bond motifs is 4. The number of aromatic nitrogens is 4. The van der Waals surface area contributed by atoms with Crippen LogP contribution in [0.2, 0.25) is 0 Å². The Morgan fingerprint density at radius 2 is 0.923 bits per heavy atom. The average molecular weight is 679 g/mol. The van der Waals surface area contributed by atoms with E-state index < -0.39 is 0 Å². The highest BCUT2D eigenvalue weighted by atomic mass is 19.1. The van der Waals surface area contributed by atoms with Crippen LogP contribution in [0, 0.1) is 5.82 Å². The highest BCUT2D eigenvalue weighted by Crippen LogP contribution is 2.48. The van der Waals surface area contributed by atoms with Crippen LogP contribution in [-0.2, 0) is 10.8 Å². The second kappa shape index (κ2) is 12.1. The first-order valence-electron chi connectivity index (χ1n) is 18.0. The third-order valence-electron chi connectivity index (χ3n) is 11.0. The summed E-state index contributed by atoms with van der Waals surface area (Å²) in [6.07, 6.45) is 2.34. The van der Waals surface area contributed by atoms with E-state index in [1.54, 1.807) is 12.1 Å². The van der Waals surface area contributed by atoms with Gasteiger partial charge in [0.1, 0.15) is 5.82 Å². The van der Waals surface area contributed by atoms with Crippen LogP contribution < -0.4 is 0 Å². The standard InChI is InChI=1S/C47H39FN4/c1-46(2)26-27-47(3,4)40-29-42-38(28-39(40)46)37-12-8-9-13-41(37)52(42)36-24-20-34(21-25-36)45-50-43(49-44(51-45)33-18-22-35(48)23-19-33)32-16-14-31(15-17-32)30-10-6-5-7-11-30/h5-25,28-29H,26-27H2,1-4H3. The number of nitrogens with zero attached hydrogens (tertiary/aromatic N) is 4. The van der Waals surface area contributed by atoms with Crippen LogP contribution in [0.15, 0.2) is 140 Å². The second-order valence-electron chi connectivity index (χ2n) is 15.3. The van der Waals surface area contributed by atoms with Crippen molar-refractivity contribution in [1.29, 1.82) is 0 Å². The van der Waals surface area contributed by atoms with Gasteiger partial charge in [-0.1, -0.05) is 100 Å². The van der Waals surface area contributed by atoms with Crippen molar-refractivity contribution >= 4 is 21.8 Å². The molecule has 0 bridgehead atoms. The number of hydrogen-bond donors (Lipinski definition) is 0. The van der Waals surface area contributed by atoms with E-state index in [0.717, 1.165) is 33.5 Å². The lowest BCUT2D eigenvalue weighted by Crippen LogP contribution is -2.33. The van der Waals surface area contributed by atoms with Gasteiger partial charge in [-0.3, -0.25) is 0 Å². The summed E-state index contributed by atoms with van der Waals surface area (Å²) in [5.74, 6) is 1.31. The van der Waals surface area contributed by atoms with Crippen molar-refractivity contribution in [2.24, 2.45) is 0 Å². The van der Waals surface area contributed by atoms with Gasteiger partial charge in [0.2, 0.25) is 0 Å². The molecule has 9 rings (SSSR count). The molecule has 5 heteroatoms. The Hall–Kier alpha value is -5.94. The topological polar surface area (TPSA) is 43.6 Å². The van der Waals surface area contributed by atoms with Gasteiger partial charge in [-0.25, -0.2) is 19.3 Å². The van der Waals surface area contributed by atoms with Crippen LogP contribution in [0.25, 0.3) is 72.8 Å². The molecule has 1 aliphatic carbocycles. The van der Waals surface area contributed by atoms with E-state index in [2.05, 4.69) is 117 Å². The first-order valence-corrected chi connectivity index (χ1v) is 18.0. The molecule has 0 unspecified atom stereocenters. The van der Waals surface area contributed by atoms with Crippen molar-refractivity contribution in [3.63, 3.8) is 0 Å². The predicted molar refractivity (Wildman–Crippen MR) is 211 cm³/mol. The molecule has 0 fully saturated rings. The van der Waals surface area contributed by atoms with Crippen LogP contribution in [0.3, 0.4) is 0 Å². The number of para-hydroxylation sites is 1. The van der Waals surface area contributed by atoms with Gasteiger partial charge in [0.25, 0.3) is 0 Å². The molecule has 0 saturated carbocycles. The van der Waals surface area contributed by atoms with Gasteiger partial charge in [0, 0.05) is 33.2 Å². The molecule has 0 radical (unpaired) electrons. The van der Waals surface area contributed by atoms with Crippen molar-refractivity contribution in [1.82, 2.24) is 19.5 Å². The van der Waals surface area contributed by atoms with E-state index >= 15 is 0 Å². The third kappa shape index (κ3) is 5.48. The molecular formula is C47H39FN4. The van der Waals surface area contributed by atoms with Gasteiger partial charge >= 0.3 is 0 Å². The van der Waals surface area contributed by atoms with E-state index in [1.165, 1.54) is 57.9 Å². The smallest absolute Gasteiger partial charge is 0.164 e. The lowest BCUT2D eigenvalue weighted by atomic mass is 9.63. The zero-order chi connectivity index (χ0) is 35.6. The van der Waals surface area contributed by atoms with Gasteiger partial charge < -0.3 is 4.57 Å². The maximum atomic E-state index is 13.9. The summed E-state index contributed by atoms with van der Waals surface area (Å²) in [6.45, 7) is 9.54. The van der Waals surface area contributed by atoms with Gasteiger partial charge in [-0.05, 0) is 113 Å². The molecule has 0 spiro atoms. The number of benzene rings is 6.